The topological polar surface area (TPSA) is 61.4 Å². The molecule has 31 heavy (non-hydrogen) atoms. The average Bonchev–Trinajstić information content (AvgIpc) is 2.77. The Kier molecular flexibility index (Phi) is 5.98. The molecule has 3 aromatic rings. The second-order valence-electron chi connectivity index (χ2n) is 7.66. The molecule has 1 aliphatic heterocycles. The lowest BCUT2D eigenvalue weighted by Gasteiger charge is -2.30. The van der Waals surface area contributed by atoms with E-state index in [9.17, 15) is 8.42 Å². The van der Waals surface area contributed by atoms with E-state index in [2.05, 4.69) is 23.6 Å². The van der Waals surface area contributed by atoms with Crippen molar-refractivity contribution in [2.45, 2.75) is 31.6 Å². The summed E-state index contributed by atoms with van der Waals surface area (Å²) in [7, 11) is -3.62. The molecular weight excluding hydrogens is 426 g/mol. The van der Waals surface area contributed by atoms with Crippen LogP contribution in [0.1, 0.15) is 23.1 Å². The van der Waals surface area contributed by atoms with Crippen LogP contribution >= 0.6 is 12.2 Å². The molecule has 1 heterocycles. The summed E-state index contributed by atoms with van der Waals surface area (Å²) in [6.07, 6.45) is 1.71. The molecule has 3 aromatic carbocycles. The van der Waals surface area contributed by atoms with Crippen LogP contribution in [-0.2, 0) is 16.4 Å². The van der Waals surface area contributed by atoms with Crippen molar-refractivity contribution >= 4 is 44.4 Å². The Morgan fingerprint density at radius 3 is 2.45 bits per heavy atom. The molecule has 2 N–H and O–H groups in total. The third kappa shape index (κ3) is 4.43. The third-order valence-corrected chi connectivity index (χ3v) is 7.65. The molecule has 0 saturated carbocycles. The van der Waals surface area contributed by atoms with Crippen molar-refractivity contribution < 1.29 is 8.42 Å². The molecule has 0 saturated heterocycles. The molecule has 0 fully saturated rings. The minimum absolute atomic E-state index is 0.267. The number of fused-ring (bicyclic) bond motifs is 1. The number of sulfonamides is 1. The van der Waals surface area contributed by atoms with Crippen LogP contribution in [0.5, 0.6) is 0 Å². The van der Waals surface area contributed by atoms with Gasteiger partial charge in [-0.2, -0.15) is 0 Å². The summed E-state index contributed by atoms with van der Waals surface area (Å²) in [5.41, 5.74) is 5.83. The van der Waals surface area contributed by atoms with Crippen LogP contribution < -0.4 is 14.9 Å². The van der Waals surface area contributed by atoms with Gasteiger partial charge in [-0.05, 0) is 92.0 Å². The van der Waals surface area contributed by atoms with Crippen molar-refractivity contribution in [2.75, 3.05) is 21.5 Å². The summed E-state index contributed by atoms with van der Waals surface area (Å²) in [6, 6.07) is 20.4. The summed E-state index contributed by atoms with van der Waals surface area (Å²) >= 11 is 5.42. The summed E-state index contributed by atoms with van der Waals surface area (Å²) in [4.78, 5) is 0.267. The van der Waals surface area contributed by atoms with E-state index in [4.69, 9.17) is 12.2 Å². The van der Waals surface area contributed by atoms with E-state index in [0.29, 0.717) is 11.7 Å². The lowest BCUT2D eigenvalue weighted by Crippen LogP contribution is -2.35. The highest BCUT2D eigenvalue weighted by molar-refractivity contribution is 7.92. The van der Waals surface area contributed by atoms with Crippen LogP contribution in [0.25, 0.3) is 0 Å². The SMILES string of the molecule is Cc1cccc(NC(=S)Nc2ccc(S(=O)(=O)N3CCCc4ccccc43)cc2)c1C. The average molecular weight is 452 g/mol. The highest BCUT2D eigenvalue weighted by Gasteiger charge is 2.28. The van der Waals surface area contributed by atoms with E-state index >= 15 is 0 Å². The van der Waals surface area contributed by atoms with Crippen molar-refractivity contribution in [1.29, 1.82) is 0 Å². The highest BCUT2D eigenvalue weighted by Crippen LogP contribution is 2.32. The molecule has 0 unspecified atom stereocenters. The lowest BCUT2D eigenvalue weighted by atomic mass is 10.0. The van der Waals surface area contributed by atoms with Crippen molar-refractivity contribution in [2.24, 2.45) is 0 Å². The number of para-hydroxylation sites is 1. The Labute approximate surface area is 189 Å². The van der Waals surface area contributed by atoms with E-state index in [-0.39, 0.29) is 4.90 Å². The molecule has 5 nitrogen and oxygen atoms in total. The number of anilines is 3. The van der Waals surface area contributed by atoms with Crippen LogP contribution in [0.3, 0.4) is 0 Å². The van der Waals surface area contributed by atoms with E-state index in [1.165, 1.54) is 9.87 Å². The van der Waals surface area contributed by atoms with E-state index < -0.39 is 10.0 Å². The number of benzene rings is 3. The number of hydrogen-bond donors (Lipinski definition) is 2. The van der Waals surface area contributed by atoms with Gasteiger partial charge in [0.2, 0.25) is 0 Å². The minimum atomic E-state index is -3.62. The summed E-state index contributed by atoms with van der Waals surface area (Å²) in [5, 5.41) is 6.78. The maximum Gasteiger partial charge on any atom is 0.264 e. The van der Waals surface area contributed by atoms with Gasteiger partial charge in [0.1, 0.15) is 0 Å². The maximum atomic E-state index is 13.3. The number of thiocarbonyl (C=S) groups is 1. The van der Waals surface area contributed by atoms with Gasteiger partial charge in [-0.1, -0.05) is 30.3 Å². The second kappa shape index (κ2) is 8.69. The first-order valence-electron chi connectivity index (χ1n) is 10.2. The van der Waals surface area contributed by atoms with Gasteiger partial charge in [0.25, 0.3) is 10.0 Å². The molecule has 0 radical (unpaired) electrons. The predicted molar refractivity (Wildman–Crippen MR) is 131 cm³/mol. The Balaban J connectivity index is 1.49. The number of nitrogens with one attached hydrogen (secondary N) is 2. The van der Waals surface area contributed by atoms with Gasteiger partial charge in [0.05, 0.1) is 10.6 Å². The molecule has 160 valence electrons. The van der Waals surface area contributed by atoms with E-state index in [1.54, 1.807) is 24.3 Å². The smallest absolute Gasteiger partial charge is 0.264 e. The molecule has 0 aliphatic carbocycles. The van der Waals surface area contributed by atoms with Gasteiger partial charge < -0.3 is 10.6 Å². The maximum absolute atomic E-state index is 13.3. The Hall–Kier alpha value is -2.90. The molecular formula is C24H25N3O2S2. The zero-order chi connectivity index (χ0) is 22.0. The standard InChI is InChI=1S/C24H25N3O2S2/c1-17-7-5-10-22(18(17)2)26-24(30)25-20-12-14-21(15-13-20)31(28,29)27-16-6-9-19-8-3-4-11-23(19)27/h3-5,7-8,10-15H,6,9,16H2,1-2H3,(H2,25,26,30). The molecule has 0 amide bonds. The molecule has 0 bridgehead atoms. The Morgan fingerprint density at radius 1 is 0.935 bits per heavy atom. The van der Waals surface area contributed by atoms with Gasteiger partial charge >= 0.3 is 0 Å². The van der Waals surface area contributed by atoms with Crippen molar-refractivity contribution in [3.8, 4) is 0 Å². The zero-order valence-corrected chi connectivity index (χ0v) is 19.2. The van der Waals surface area contributed by atoms with Crippen molar-refractivity contribution in [3.05, 3.63) is 83.4 Å². The first-order chi connectivity index (χ1) is 14.9. The van der Waals surface area contributed by atoms with Gasteiger partial charge in [-0.25, -0.2) is 8.42 Å². The fourth-order valence-corrected chi connectivity index (χ4v) is 5.53. The van der Waals surface area contributed by atoms with E-state index in [0.717, 1.165) is 41.0 Å². The normalized spacial score (nSPS) is 13.4. The summed E-state index contributed by atoms with van der Waals surface area (Å²) in [5.74, 6) is 0. The number of nitrogens with zero attached hydrogens (tertiary/aromatic N) is 1. The zero-order valence-electron chi connectivity index (χ0n) is 17.6. The lowest BCUT2D eigenvalue weighted by molar-refractivity contribution is 0.586. The molecule has 7 heteroatoms. The van der Waals surface area contributed by atoms with Crippen LogP contribution in [0.2, 0.25) is 0 Å². The second-order valence-corrected chi connectivity index (χ2v) is 9.93. The fourth-order valence-electron chi connectivity index (χ4n) is 3.76. The van der Waals surface area contributed by atoms with Crippen LogP contribution in [0.15, 0.2) is 71.6 Å². The number of aryl methyl sites for hydroxylation is 2. The predicted octanol–water partition coefficient (Wildman–Crippen LogP) is 5.25. The summed E-state index contributed by atoms with van der Waals surface area (Å²) < 4.78 is 28.0. The number of hydrogen-bond acceptors (Lipinski definition) is 3. The molecule has 4 rings (SSSR count). The first-order valence-corrected chi connectivity index (χ1v) is 12.1. The van der Waals surface area contributed by atoms with Crippen LogP contribution in [-0.4, -0.2) is 20.1 Å². The Morgan fingerprint density at radius 2 is 1.68 bits per heavy atom. The Bertz CT molecular complexity index is 1220. The van der Waals surface area contributed by atoms with E-state index in [1.807, 2.05) is 43.3 Å². The molecule has 0 atom stereocenters. The molecule has 1 aliphatic rings. The largest absolute Gasteiger partial charge is 0.332 e. The minimum Gasteiger partial charge on any atom is -0.332 e. The van der Waals surface area contributed by atoms with Gasteiger partial charge in [-0.3, -0.25) is 4.31 Å². The highest BCUT2D eigenvalue weighted by atomic mass is 32.2. The quantitative estimate of drug-likeness (QED) is 0.530. The van der Waals surface area contributed by atoms with Crippen molar-refractivity contribution in [3.63, 3.8) is 0 Å². The molecule has 0 aromatic heterocycles. The van der Waals surface area contributed by atoms with Gasteiger partial charge in [0.15, 0.2) is 5.11 Å². The number of rotatable bonds is 4. The third-order valence-electron chi connectivity index (χ3n) is 5.62. The van der Waals surface area contributed by atoms with Crippen molar-refractivity contribution in [1.82, 2.24) is 0 Å². The first kappa shape index (κ1) is 21.3. The monoisotopic (exact) mass is 451 g/mol. The van der Waals surface area contributed by atoms with Crippen LogP contribution in [0.4, 0.5) is 17.1 Å². The fraction of sp³-hybridized carbons (Fsp3) is 0.208. The van der Waals surface area contributed by atoms with Gasteiger partial charge in [-0.15, -0.1) is 0 Å². The van der Waals surface area contributed by atoms with Crippen LogP contribution in [0, 0.1) is 13.8 Å². The van der Waals surface area contributed by atoms with Gasteiger partial charge in [0, 0.05) is 17.9 Å². The summed E-state index contributed by atoms with van der Waals surface area (Å²) in [6.45, 7) is 4.58. The molecule has 0 spiro atoms.